The van der Waals surface area contributed by atoms with Crippen molar-refractivity contribution in [1.82, 2.24) is 10.2 Å². The van der Waals surface area contributed by atoms with Crippen LogP contribution in [0.3, 0.4) is 0 Å². The number of anilines is 1. The summed E-state index contributed by atoms with van der Waals surface area (Å²) in [5.41, 5.74) is 4.40. The molecular weight excluding hydrogens is 564 g/mol. The number of aliphatic hydroxyl groups excluding tert-OH is 1. The van der Waals surface area contributed by atoms with Crippen LogP contribution in [0.25, 0.3) is 11.0 Å². The normalized spacial score (nSPS) is 36.1. The molecule has 5 fully saturated rings. The Morgan fingerprint density at radius 3 is 2.71 bits per heavy atom. The average Bonchev–Trinajstić information content (AvgIpc) is 3.37. The van der Waals surface area contributed by atoms with Gasteiger partial charge in [0.2, 0.25) is 0 Å². The molecule has 45 heavy (non-hydrogen) atoms. The van der Waals surface area contributed by atoms with E-state index < -0.39 is 0 Å². The van der Waals surface area contributed by atoms with Crippen LogP contribution >= 0.6 is 0 Å². The van der Waals surface area contributed by atoms with Gasteiger partial charge in [-0.15, -0.1) is 0 Å². The molecule has 5 aliphatic rings. The predicted molar refractivity (Wildman–Crippen MR) is 180 cm³/mol. The average molecular weight is 619 g/mol. The fraction of sp³-hybridized carbons (Fsp3) is 0.730. The highest BCUT2D eigenvalue weighted by molar-refractivity contribution is 5.92. The van der Waals surface area contributed by atoms with Crippen molar-refractivity contribution in [3.05, 3.63) is 40.2 Å². The smallest absolute Gasteiger partial charge is 0.336 e. The predicted octanol–water partition coefficient (Wildman–Crippen LogP) is 5.45. The molecule has 8 nitrogen and oxygen atoms in total. The van der Waals surface area contributed by atoms with E-state index in [0.29, 0.717) is 23.5 Å². The Bertz CT molecular complexity index is 1450. The number of benzene rings is 1. The molecule has 2 N–H and O–H groups in total. The van der Waals surface area contributed by atoms with E-state index in [2.05, 4.69) is 48.1 Å². The number of piperazine rings is 1. The number of likely N-dealkylation sites (N-methyl/N-ethyl adjacent to an activating group) is 1. The first kappa shape index (κ1) is 31.2. The zero-order valence-corrected chi connectivity index (χ0v) is 27.7. The van der Waals surface area contributed by atoms with Crippen molar-refractivity contribution in [2.24, 2.45) is 39.7 Å². The Kier molecular flexibility index (Phi) is 8.77. The summed E-state index contributed by atoms with van der Waals surface area (Å²) in [6, 6.07) is 7.93. The standard InChI is InChI=1S/C37H54N4O4/c1-36-13-10-28(42)23-26(36)4-6-30-31-8-9-34(37(31,2)14-11-32(30)36)39-44-21-16-38-15-12-25-22-35(43)45-33-24-27(5-7-29(25)33)41-19-17-40(3)18-20-41/h5,7,22,24,26,28,30-32,38,42H,4,6,8-21,23H2,1-3H3/b39-34-/t26-,28+,30-,31-,32-,36-,37-/m0/s1. The van der Waals surface area contributed by atoms with Crippen LogP contribution in [0.15, 0.2) is 38.6 Å². The summed E-state index contributed by atoms with van der Waals surface area (Å²) in [6.45, 7) is 11.1. The largest absolute Gasteiger partial charge is 0.423 e. The molecule has 8 heteroatoms. The summed E-state index contributed by atoms with van der Waals surface area (Å²) < 4.78 is 5.61. The maximum Gasteiger partial charge on any atom is 0.336 e. The van der Waals surface area contributed by atoms with Gasteiger partial charge in [0.25, 0.3) is 0 Å². The first-order valence-corrected chi connectivity index (χ1v) is 17.8. The fourth-order valence-electron chi connectivity index (χ4n) is 10.5. The maximum absolute atomic E-state index is 12.4. The van der Waals surface area contributed by atoms with Gasteiger partial charge in [-0.3, -0.25) is 0 Å². The van der Waals surface area contributed by atoms with Gasteiger partial charge in [-0.2, -0.15) is 0 Å². The van der Waals surface area contributed by atoms with Crippen LogP contribution in [0.1, 0.15) is 77.2 Å². The highest BCUT2D eigenvalue weighted by Crippen LogP contribution is 2.65. The summed E-state index contributed by atoms with van der Waals surface area (Å²) in [5, 5.41) is 19.6. The number of oxime groups is 1. The molecule has 246 valence electrons. The second kappa shape index (κ2) is 12.6. The van der Waals surface area contributed by atoms with Gasteiger partial charge in [0.15, 0.2) is 0 Å². The molecule has 2 heterocycles. The molecule has 0 spiro atoms. The van der Waals surface area contributed by atoms with Crippen LogP contribution in [-0.4, -0.2) is 74.7 Å². The van der Waals surface area contributed by atoms with Crippen LogP contribution in [-0.2, 0) is 11.3 Å². The van der Waals surface area contributed by atoms with Crippen molar-refractivity contribution in [3.8, 4) is 0 Å². The lowest BCUT2D eigenvalue weighted by molar-refractivity contribution is -0.114. The summed E-state index contributed by atoms with van der Waals surface area (Å²) >= 11 is 0. The van der Waals surface area contributed by atoms with Crippen molar-refractivity contribution in [2.45, 2.75) is 84.2 Å². The van der Waals surface area contributed by atoms with Gasteiger partial charge < -0.3 is 29.5 Å². The molecule has 1 aliphatic heterocycles. The Balaban J connectivity index is 0.899. The van der Waals surface area contributed by atoms with E-state index >= 15 is 0 Å². The van der Waals surface area contributed by atoms with Crippen molar-refractivity contribution in [3.63, 3.8) is 0 Å². The Morgan fingerprint density at radius 1 is 1.02 bits per heavy atom. The first-order chi connectivity index (χ1) is 21.7. The quantitative estimate of drug-likeness (QED) is 0.231. The molecule has 4 aliphatic carbocycles. The van der Waals surface area contributed by atoms with Crippen LogP contribution < -0.4 is 15.8 Å². The maximum atomic E-state index is 12.4. The SMILES string of the molecule is CN1CCN(c2ccc3c(CCNCCO/N=C4/CC[C@H]5[C@@H]6CC[C@H]7C[C@H](O)CC[C@]7(C)[C@H]6CC[C@]45C)cc(=O)oc3c2)CC1. The number of hydrogen-bond donors (Lipinski definition) is 2. The zero-order valence-electron chi connectivity index (χ0n) is 27.7. The summed E-state index contributed by atoms with van der Waals surface area (Å²) in [5.74, 6) is 3.02. The summed E-state index contributed by atoms with van der Waals surface area (Å²) in [4.78, 5) is 23.0. The van der Waals surface area contributed by atoms with Crippen LogP contribution in [0.2, 0.25) is 0 Å². The lowest BCUT2D eigenvalue weighted by Crippen LogP contribution is -2.54. The second-order valence-electron chi connectivity index (χ2n) is 15.5. The molecule has 4 saturated carbocycles. The minimum absolute atomic E-state index is 0.0778. The Morgan fingerprint density at radius 2 is 1.87 bits per heavy atom. The number of fused-ring (bicyclic) bond motifs is 6. The van der Waals surface area contributed by atoms with Gasteiger partial charge >= 0.3 is 5.63 Å². The number of nitrogens with one attached hydrogen (secondary N) is 1. The molecule has 0 unspecified atom stereocenters. The molecule has 7 atom stereocenters. The third-order valence-electron chi connectivity index (χ3n) is 13.2. The van der Waals surface area contributed by atoms with E-state index in [1.807, 2.05) is 6.07 Å². The van der Waals surface area contributed by atoms with Crippen LogP contribution in [0.5, 0.6) is 0 Å². The topological polar surface area (TPSA) is 90.5 Å². The molecule has 7 rings (SSSR count). The van der Waals surface area contributed by atoms with Crippen molar-refractivity contribution in [2.75, 3.05) is 57.8 Å². The van der Waals surface area contributed by atoms with Crippen molar-refractivity contribution >= 4 is 22.4 Å². The Labute approximate surface area is 268 Å². The molecule has 1 saturated heterocycles. The molecule has 1 aromatic heterocycles. The van der Waals surface area contributed by atoms with Gasteiger partial charge in [-0.05, 0) is 125 Å². The van der Waals surface area contributed by atoms with E-state index in [9.17, 15) is 9.90 Å². The fourth-order valence-corrected chi connectivity index (χ4v) is 10.5. The lowest BCUT2D eigenvalue weighted by Gasteiger charge is -2.60. The van der Waals surface area contributed by atoms with Gasteiger partial charge in [0.05, 0.1) is 11.8 Å². The summed E-state index contributed by atoms with van der Waals surface area (Å²) in [7, 11) is 2.15. The highest BCUT2D eigenvalue weighted by atomic mass is 16.6. The lowest BCUT2D eigenvalue weighted by atomic mass is 9.45. The number of aliphatic hydroxyl groups is 1. The van der Waals surface area contributed by atoms with E-state index in [1.165, 1.54) is 44.2 Å². The highest BCUT2D eigenvalue weighted by Gasteiger charge is 2.59. The molecule has 0 bridgehead atoms. The zero-order chi connectivity index (χ0) is 31.2. The Hall–Kier alpha value is -2.42. The van der Waals surface area contributed by atoms with E-state index in [0.717, 1.165) is 99.3 Å². The number of nitrogens with zero attached hydrogens (tertiary/aromatic N) is 3. The molecular formula is C37H54N4O4. The van der Waals surface area contributed by atoms with Crippen LogP contribution in [0, 0.1) is 34.5 Å². The van der Waals surface area contributed by atoms with Gasteiger partial charge in [-0.1, -0.05) is 19.0 Å². The second-order valence-corrected chi connectivity index (χ2v) is 15.5. The van der Waals surface area contributed by atoms with E-state index in [-0.39, 0.29) is 17.1 Å². The molecule has 2 aromatic rings. The third kappa shape index (κ3) is 5.96. The number of hydrogen-bond acceptors (Lipinski definition) is 8. The molecule has 0 radical (unpaired) electrons. The van der Waals surface area contributed by atoms with Crippen molar-refractivity contribution < 1.29 is 14.4 Å². The van der Waals surface area contributed by atoms with Gasteiger partial charge in [0.1, 0.15) is 12.2 Å². The monoisotopic (exact) mass is 618 g/mol. The minimum Gasteiger partial charge on any atom is -0.423 e. The van der Waals surface area contributed by atoms with Crippen LogP contribution in [0.4, 0.5) is 5.69 Å². The first-order valence-electron chi connectivity index (χ1n) is 17.8. The van der Waals surface area contributed by atoms with E-state index in [1.54, 1.807) is 6.07 Å². The molecule has 1 aromatic carbocycles. The third-order valence-corrected chi connectivity index (χ3v) is 13.2. The summed E-state index contributed by atoms with van der Waals surface area (Å²) in [6.07, 6.45) is 11.3. The van der Waals surface area contributed by atoms with Gasteiger partial charge in [0, 0.05) is 61.3 Å². The molecule has 0 amide bonds. The van der Waals surface area contributed by atoms with Gasteiger partial charge in [-0.25, -0.2) is 4.79 Å². The van der Waals surface area contributed by atoms with Crippen molar-refractivity contribution in [1.29, 1.82) is 0 Å². The number of rotatable bonds is 8. The van der Waals surface area contributed by atoms with E-state index in [4.69, 9.17) is 14.4 Å². The minimum atomic E-state index is -0.288.